The molecule has 0 aliphatic heterocycles. The number of aliphatic hydroxyl groups is 2. The van der Waals surface area contributed by atoms with Crippen molar-refractivity contribution in [3.63, 3.8) is 0 Å². The Balaban J connectivity index is 4.16. The molecule has 0 radical (unpaired) electrons. The molecule has 0 saturated heterocycles. The van der Waals surface area contributed by atoms with Gasteiger partial charge in [-0.3, -0.25) is 9.35 Å². The molecule has 0 aliphatic carbocycles. The van der Waals surface area contributed by atoms with Crippen molar-refractivity contribution in [2.75, 3.05) is 5.75 Å². The molecule has 7 nitrogen and oxygen atoms in total. The number of carbonyl (C=O) groups is 1. The second kappa shape index (κ2) is 30.2. The maximum absolute atomic E-state index is 12.5. The number of allylic oxidation sites excluding steroid dienone is 5. The van der Waals surface area contributed by atoms with E-state index >= 15 is 0 Å². The normalized spacial score (nSPS) is 14.6. The van der Waals surface area contributed by atoms with Gasteiger partial charge in [0.15, 0.2) is 0 Å². The monoisotopic (exact) mass is 641 g/mol. The summed E-state index contributed by atoms with van der Waals surface area (Å²) in [5.74, 6) is -1.57. The zero-order valence-corrected chi connectivity index (χ0v) is 29.0. The van der Waals surface area contributed by atoms with Gasteiger partial charge in [-0.15, -0.1) is 0 Å². The number of hydrogen-bond acceptors (Lipinski definition) is 5. The summed E-state index contributed by atoms with van der Waals surface area (Å²) < 4.78 is 32.3. The highest BCUT2D eigenvalue weighted by molar-refractivity contribution is 7.85. The second-order valence-corrected chi connectivity index (χ2v) is 13.8. The van der Waals surface area contributed by atoms with Crippen molar-refractivity contribution >= 4 is 16.0 Å². The first-order valence-corrected chi connectivity index (χ1v) is 19.4. The third-order valence-electron chi connectivity index (χ3n) is 7.90. The smallest absolute Gasteiger partial charge is 0.267 e. The Hall–Kier alpha value is -1.48. The van der Waals surface area contributed by atoms with Gasteiger partial charge in [-0.2, -0.15) is 8.42 Å². The van der Waals surface area contributed by atoms with Crippen LogP contribution in [0, 0.1) is 0 Å². The van der Waals surface area contributed by atoms with E-state index < -0.39 is 40.0 Å². The summed E-state index contributed by atoms with van der Waals surface area (Å²) in [5.41, 5.74) is 0. The molecule has 0 aromatic rings. The lowest BCUT2D eigenvalue weighted by Crippen LogP contribution is -2.50. The molecule has 258 valence electrons. The van der Waals surface area contributed by atoms with Gasteiger partial charge in [0, 0.05) is 0 Å². The molecular weight excluding hydrogens is 574 g/mol. The zero-order valence-electron chi connectivity index (χ0n) is 28.1. The number of hydrogen-bond donors (Lipinski definition) is 4. The van der Waals surface area contributed by atoms with Gasteiger partial charge in [-0.1, -0.05) is 140 Å². The van der Waals surface area contributed by atoms with E-state index in [9.17, 15) is 28.0 Å². The summed E-state index contributed by atoms with van der Waals surface area (Å²) in [6.07, 6.45) is 34.9. The standard InChI is InChI=1S/C36H67NO6S/c1-3-5-7-9-11-13-15-16-17-18-19-21-23-25-27-29-31-35(39)36(40)37-33(32-44(41,42)43)34(38)30-28-26-24-22-20-14-12-10-8-6-4-2/h16-17,20,22,28,30,33-35,38-39H,3-15,18-19,21,23-27,29,31-32H2,1-2H3,(H,37,40)(H,41,42,43)/b17-16-,22-20+,30-28+. The van der Waals surface area contributed by atoms with Gasteiger partial charge in [0.05, 0.1) is 17.9 Å². The first-order chi connectivity index (χ1) is 21.2. The van der Waals surface area contributed by atoms with Crippen LogP contribution in [-0.4, -0.2) is 53.1 Å². The lowest BCUT2D eigenvalue weighted by atomic mass is 10.0. The molecule has 0 spiro atoms. The Morgan fingerprint density at radius 2 is 1.02 bits per heavy atom. The van der Waals surface area contributed by atoms with E-state index in [1.165, 1.54) is 96.0 Å². The minimum Gasteiger partial charge on any atom is -0.387 e. The van der Waals surface area contributed by atoms with Gasteiger partial charge in [0.1, 0.15) is 6.10 Å². The Labute approximate surface area is 270 Å². The molecule has 0 bridgehead atoms. The van der Waals surface area contributed by atoms with Crippen LogP contribution < -0.4 is 5.32 Å². The minimum atomic E-state index is -4.44. The Bertz CT molecular complexity index is 855. The molecular formula is C36H67NO6S. The predicted octanol–water partition coefficient (Wildman–Crippen LogP) is 8.76. The third kappa shape index (κ3) is 29.2. The van der Waals surface area contributed by atoms with Crippen molar-refractivity contribution in [2.45, 2.75) is 180 Å². The molecule has 0 fully saturated rings. The number of aliphatic hydroxyl groups excluding tert-OH is 2. The molecule has 4 N–H and O–H groups in total. The maximum atomic E-state index is 12.5. The number of carbonyl (C=O) groups excluding carboxylic acids is 1. The summed E-state index contributed by atoms with van der Waals surface area (Å²) in [5, 5.41) is 23.2. The lowest BCUT2D eigenvalue weighted by Gasteiger charge is -2.22. The summed E-state index contributed by atoms with van der Waals surface area (Å²) in [7, 11) is -4.44. The third-order valence-corrected chi connectivity index (χ3v) is 8.68. The van der Waals surface area contributed by atoms with Gasteiger partial charge in [0.25, 0.3) is 10.1 Å². The number of amides is 1. The van der Waals surface area contributed by atoms with E-state index in [1.807, 2.05) is 0 Å². The fourth-order valence-corrected chi connectivity index (χ4v) is 5.85. The van der Waals surface area contributed by atoms with Crippen LogP contribution in [0.2, 0.25) is 0 Å². The molecule has 0 aromatic carbocycles. The molecule has 44 heavy (non-hydrogen) atoms. The highest BCUT2D eigenvalue weighted by Crippen LogP contribution is 2.12. The topological polar surface area (TPSA) is 124 Å². The van der Waals surface area contributed by atoms with E-state index in [1.54, 1.807) is 6.08 Å². The average Bonchev–Trinajstić information content (AvgIpc) is 2.98. The molecule has 3 atom stereocenters. The van der Waals surface area contributed by atoms with E-state index in [0.717, 1.165) is 38.5 Å². The van der Waals surface area contributed by atoms with Gasteiger partial charge in [-0.05, 0) is 57.8 Å². The zero-order chi connectivity index (χ0) is 32.7. The first kappa shape index (κ1) is 42.5. The quantitative estimate of drug-likeness (QED) is 0.0341. The van der Waals surface area contributed by atoms with Crippen LogP contribution in [0.3, 0.4) is 0 Å². The van der Waals surface area contributed by atoms with Gasteiger partial charge in [0.2, 0.25) is 5.91 Å². The molecule has 0 aromatic heterocycles. The second-order valence-electron chi connectivity index (χ2n) is 12.3. The van der Waals surface area contributed by atoms with Gasteiger partial charge < -0.3 is 15.5 Å². The van der Waals surface area contributed by atoms with E-state index in [-0.39, 0.29) is 6.42 Å². The number of unbranched alkanes of at least 4 members (excludes halogenated alkanes) is 18. The highest BCUT2D eigenvalue weighted by Gasteiger charge is 2.27. The van der Waals surface area contributed by atoms with Crippen molar-refractivity contribution in [3.05, 3.63) is 36.5 Å². The largest absolute Gasteiger partial charge is 0.387 e. The van der Waals surface area contributed by atoms with Crippen LogP contribution in [0.1, 0.15) is 162 Å². The van der Waals surface area contributed by atoms with Gasteiger partial charge >= 0.3 is 0 Å². The van der Waals surface area contributed by atoms with Crippen molar-refractivity contribution in [1.82, 2.24) is 5.32 Å². The average molecular weight is 642 g/mol. The van der Waals surface area contributed by atoms with Crippen LogP contribution in [0.5, 0.6) is 0 Å². The molecule has 1 amide bonds. The highest BCUT2D eigenvalue weighted by atomic mass is 32.2. The summed E-state index contributed by atoms with van der Waals surface area (Å²) >= 11 is 0. The maximum Gasteiger partial charge on any atom is 0.267 e. The van der Waals surface area contributed by atoms with E-state index in [0.29, 0.717) is 12.8 Å². The summed E-state index contributed by atoms with van der Waals surface area (Å²) in [6, 6.07) is -1.25. The summed E-state index contributed by atoms with van der Waals surface area (Å²) in [6.45, 7) is 4.45. The Kier molecular flexibility index (Phi) is 29.2. The Morgan fingerprint density at radius 1 is 0.614 bits per heavy atom. The van der Waals surface area contributed by atoms with Crippen molar-refractivity contribution in [2.24, 2.45) is 0 Å². The predicted molar refractivity (Wildman–Crippen MR) is 185 cm³/mol. The van der Waals surface area contributed by atoms with Crippen LogP contribution in [0.25, 0.3) is 0 Å². The Morgan fingerprint density at radius 3 is 1.50 bits per heavy atom. The lowest BCUT2D eigenvalue weighted by molar-refractivity contribution is -0.130. The minimum absolute atomic E-state index is 0.266. The summed E-state index contributed by atoms with van der Waals surface area (Å²) in [4.78, 5) is 12.5. The molecule has 0 saturated carbocycles. The fourth-order valence-electron chi connectivity index (χ4n) is 5.11. The van der Waals surface area contributed by atoms with Crippen molar-refractivity contribution < 1.29 is 28.0 Å². The number of nitrogens with one attached hydrogen (secondary N) is 1. The first-order valence-electron chi connectivity index (χ1n) is 17.8. The van der Waals surface area contributed by atoms with Crippen molar-refractivity contribution in [3.8, 4) is 0 Å². The van der Waals surface area contributed by atoms with Crippen LogP contribution in [-0.2, 0) is 14.9 Å². The van der Waals surface area contributed by atoms with E-state index in [4.69, 9.17) is 0 Å². The molecule has 0 aliphatic rings. The van der Waals surface area contributed by atoms with Crippen LogP contribution >= 0.6 is 0 Å². The number of rotatable bonds is 31. The SMILES string of the molecule is CCCCCCC/C=C/CC/C=C/C(O)C(CS(=O)(=O)O)NC(=O)C(O)CCCCCCCC/C=C\CCCCCCCC. The van der Waals surface area contributed by atoms with E-state index in [2.05, 4.69) is 43.5 Å². The van der Waals surface area contributed by atoms with Crippen LogP contribution in [0.4, 0.5) is 0 Å². The molecule has 3 unspecified atom stereocenters. The van der Waals surface area contributed by atoms with Crippen molar-refractivity contribution in [1.29, 1.82) is 0 Å². The molecule has 0 rings (SSSR count). The van der Waals surface area contributed by atoms with Gasteiger partial charge in [-0.25, -0.2) is 0 Å². The molecule has 8 heteroatoms. The van der Waals surface area contributed by atoms with Crippen LogP contribution in [0.15, 0.2) is 36.5 Å². The molecule has 0 heterocycles. The fraction of sp³-hybridized carbons (Fsp3) is 0.806.